The average molecular weight is 464 g/mol. The van der Waals surface area contributed by atoms with Crippen LogP contribution in [-0.4, -0.2) is 28.6 Å². The van der Waals surface area contributed by atoms with Crippen molar-refractivity contribution in [2.75, 3.05) is 0 Å². The van der Waals surface area contributed by atoms with Crippen molar-refractivity contribution in [2.45, 2.75) is 29.7 Å². The minimum atomic E-state index is -4.05. The van der Waals surface area contributed by atoms with Gasteiger partial charge in [-0.3, -0.25) is 0 Å². The molecule has 1 N–H and O–H groups in total. The minimum Gasteiger partial charge on any atom is -0.310 e. The van der Waals surface area contributed by atoms with Gasteiger partial charge in [-0.25, -0.2) is 17.2 Å². The first kappa shape index (κ1) is 19.5. The van der Waals surface area contributed by atoms with E-state index in [1.54, 1.807) is 0 Å². The van der Waals surface area contributed by atoms with Crippen LogP contribution in [0.5, 0.6) is 0 Å². The maximum absolute atomic E-state index is 12.8. The largest absolute Gasteiger partial charge is 0.310 e. The number of nitrogens with one attached hydrogen (secondary N) is 1. The molecule has 7 nitrogen and oxygen atoms in total. The SMILES string of the molecule is N#CC1(NS(=O)(=O)c2cc(Cl)c3c(Cl)cc(-c4nnc(C(F)F)s4)n3c2)CC1. The number of pyridine rings is 1. The van der Waals surface area contributed by atoms with Crippen molar-refractivity contribution in [1.29, 1.82) is 5.26 Å². The van der Waals surface area contributed by atoms with Gasteiger partial charge in [0, 0.05) is 6.20 Å². The highest BCUT2D eigenvalue weighted by atomic mass is 35.5. The fraction of sp³-hybridized carbons (Fsp3) is 0.267. The van der Waals surface area contributed by atoms with Gasteiger partial charge in [0.15, 0.2) is 10.0 Å². The standard InChI is InChI=1S/C15H9Cl2F2N5O2S2/c16-8-3-7(28(25,26)23-15(6-20)1-2-15)5-24-10(4-9(17)11(8)24)13-21-22-14(27-13)12(18)19/h3-5,12,23H,1-2H2. The molecule has 0 atom stereocenters. The van der Waals surface area contributed by atoms with Gasteiger partial charge in [0.05, 0.1) is 27.3 Å². The summed E-state index contributed by atoms with van der Waals surface area (Å²) in [5, 5.41) is 16.2. The predicted octanol–water partition coefficient (Wildman–Crippen LogP) is 4.04. The Hall–Kier alpha value is -1.84. The summed E-state index contributed by atoms with van der Waals surface area (Å²) in [7, 11) is -4.05. The van der Waals surface area contributed by atoms with E-state index in [1.807, 2.05) is 6.07 Å². The Morgan fingerprint density at radius 3 is 2.54 bits per heavy atom. The van der Waals surface area contributed by atoms with Gasteiger partial charge in [0.25, 0.3) is 6.43 Å². The van der Waals surface area contributed by atoms with Gasteiger partial charge < -0.3 is 4.40 Å². The van der Waals surface area contributed by atoms with Crippen LogP contribution < -0.4 is 4.72 Å². The second kappa shape index (κ2) is 6.60. The molecule has 3 aromatic heterocycles. The molecule has 0 spiro atoms. The highest BCUT2D eigenvalue weighted by Crippen LogP contribution is 2.39. The van der Waals surface area contributed by atoms with E-state index >= 15 is 0 Å². The number of nitriles is 1. The van der Waals surface area contributed by atoms with Crippen LogP contribution >= 0.6 is 34.5 Å². The van der Waals surface area contributed by atoms with Gasteiger partial charge in [-0.1, -0.05) is 34.5 Å². The third-order valence-electron chi connectivity index (χ3n) is 4.19. The summed E-state index contributed by atoms with van der Waals surface area (Å²) in [4.78, 5) is -0.196. The normalized spacial score (nSPS) is 15.9. The van der Waals surface area contributed by atoms with Gasteiger partial charge in [-0.05, 0) is 25.0 Å². The summed E-state index contributed by atoms with van der Waals surface area (Å²) in [6.45, 7) is 0. The van der Waals surface area contributed by atoms with Crippen LogP contribution in [-0.2, 0) is 10.0 Å². The van der Waals surface area contributed by atoms with E-state index < -0.39 is 27.0 Å². The predicted molar refractivity (Wildman–Crippen MR) is 99.2 cm³/mol. The zero-order valence-electron chi connectivity index (χ0n) is 13.7. The Bertz CT molecular complexity index is 1250. The third kappa shape index (κ3) is 3.25. The Morgan fingerprint density at radius 2 is 1.96 bits per heavy atom. The number of hydrogen-bond donors (Lipinski definition) is 1. The summed E-state index contributed by atoms with van der Waals surface area (Å²) in [5.74, 6) is 0. The van der Waals surface area contributed by atoms with Crippen LogP contribution in [0.4, 0.5) is 8.78 Å². The molecule has 3 aromatic rings. The molecule has 1 fully saturated rings. The molecule has 0 bridgehead atoms. The van der Waals surface area contributed by atoms with E-state index in [2.05, 4.69) is 14.9 Å². The van der Waals surface area contributed by atoms with Crippen LogP contribution in [0.3, 0.4) is 0 Å². The molecule has 1 aliphatic carbocycles. The van der Waals surface area contributed by atoms with Crippen molar-refractivity contribution in [3.63, 3.8) is 0 Å². The monoisotopic (exact) mass is 463 g/mol. The lowest BCUT2D eigenvalue weighted by molar-refractivity contribution is 0.150. The van der Waals surface area contributed by atoms with Gasteiger partial charge in [0.2, 0.25) is 10.0 Å². The second-order valence-corrected chi connectivity index (χ2v) is 9.67. The van der Waals surface area contributed by atoms with E-state index in [0.717, 1.165) is 0 Å². The van der Waals surface area contributed by atoms with Gasteiger partial charge in [-0.15, -0.1) is 10.2 Å². The van der Waals surface area contributed by atoms with Crippen molar-refractivity contribution in [3.8, 4) is 16.8 Å². The molecule has 1 aliphatic rings. The Balaban J connectivity index is 1.86. The molecule has 0 aromatic carbocycles. The zero-order chi connectivity index (χ0) is 20.3. The average Bonchev–Trinajstić information content (AvgIpc) is 3.07. The second-order valence-electron chi connectivity index (χ2n) is 6.17. The number of hydrogen-bond acceptors (Lipinski definition) is 6. The molecular weight excluding hydrogens is 455 g/mol. The van der Waals surface area contributed by atoms with Crippen LogP contribution in [0, 0.1) is 11.3 Å². The lowest BCUT2D eigenvalue weighted by Gasteiger charge is -2.12. The van der Waals surface area contributed by atoms with Crippen LogP contribution in [0.25, 0.3) is 16.2 Å². The van der Waals surface area contributed by atoms with E-state index in [9.17, 15) is 17.2 Å². The Labute approximate surface area is 171 Å². The molecule has 0 unspecified atom stereocenters. The molecule has 1 saturated carbocycles. The molecule has 4 rings (SSSR count). The van der Waals surface area contributed by atoms with Gasteiger partial charge in [-0.2, -0.15) is 9.98 Å². The fourth-order valence-electron chi connectivity index (χ4n) is 2.63. The molecule has 0 aliphatic heterocycles. The number of sulfonamides is 1. The molecule has 13 heteroatoms. The minimum absolute atomic E-state index is 0.0412. The number of rotatable bonds is 5. The maximum Gasteiger partial charge on any atom is 0.291 e. The van der Waals surface area contributed by atoms with E-state index in [1.165, 1.54) is 22.7 Å². The molecule has 28 heavy (non-hydrogen) atoms. The third-order valence-corrected chi connectivity index (χ3v) is 7.22. The number of fused-ring (bicyclic) bond motifs is 1. The Kier molecular flexibility index (Phi) is 4.59. The summed E-state index contributed by atoms with van der Waals surface area (Å²) >= 11 is 13.1. The molecule has 0 radical (unpaired) electrons. The van der Waals surface area contributed by atoms with E-state index in [0.29, 0.717) is 29.7 Å². The van der Waals surface area contributed by atoms with Crippen LogP contribution in [0.2, 0.25) is 10.0 Å². The van der Waals surface area contributed by atoms with Crippen molar-refractivity contribution < 1.29 is 17.2 Å². The molecule has 3 heterocycles. The van der Waals surface area contributed by atoms with Crippen LogP contribution in [0.1, 0.15) is 24.3 Å². The number of halogens is 4. The summed E-state index contributed by atoms with van der Waals surface area (Å²) in [6, 6.07) is 4.61. The Morgan fingerprint density at radius 1 is 1.29 bits per heavy atom. The van der Waals surface area contributed by atoms with E-state index in [-0.39, 0.29) is 25.6 Å². The first-order valence-corrected chi connectivity index (χ1v) is 10.8. The van der Waals surface area contributed by atoms with Crippen molar-refractivity contribution in [2.24, 2.45) is 0 Å². The van der Waals surface area contributed by atoms with Crippen molar-refractivity contribution in [3.05, 3.63) is 33.4 Å². The van der Waals surface area contributed by atoms with Gasteiger partial charge in [0.1, 0.15) is 10.4 Å². The lowest BCUT2D eigenvalue weighted by atomic mass is 10.3. The van der Waals surface area contributed by atoms with E-state index in [4.69, 9.17) is 28.5 Å². The molecule has 0 saturated heterocycles. The highest BCUT2D eigenvalue weighted by molar-refractivity contribution is 7.89. The topological polar surface area (TPSA) is 100 Å². The summed E-state index contributed by atoms with van der Waals surface area (Å²) in [6.07, 6.45) is -0.694. The molecular formula is C15H9Cl2F2N5O2S2. The van der Waals surface area contributed by atoms with Crippen molar-refractivity contribution in [1.82, 2.24) is 19.3 Å². The zero-order valence-corrected chi connectivity index (χ0v) is 16.8. The number of alkyl halides is 2. The first-order chi connectivity index (χ1) is 13.2. The molecule has 0 amide bonds. The highest BCUT2D eigenvalue weighted by Gasteiger charge is 2.47. The molecule has 146 valence electrons. The summed E-state index contributed by atoms with van der Waals surface area (Å²) in [5.41, 5.74) is -0.541. The summed E-state index contributed by atoms with van der Waals surface area (Å²) < 4.78 is 54.8. The number of aromatic nitrogens is 3. The van der Waals surface area contributed by atoms with Crippen molar-refractivity contribution >= 4 is 50.1 Å². The lowest BCUT2D eigenvalue weighted by Crippen LogP contribution is -2.35. The fourth-order valence-corrected chi connectivity index (χ4v) is 5.46. The smallest absolute Gasteiger partial charge is 0.291 e. The number of nitrogens with zero attached hydrogens (tertiary/aromatic N) is 4. The quantitative estimate of drug-likeness (QED) is 0.615. The first-order valence-electron chi connectivity index (χ1n) is 7.73. The maximum atomic E-state index is 12.8. The van der Waals surface area contributed by atoms with Crippen LogP contribution in [0.15, 0.2) is 23.2 Å². The van der Waals surface area contributed by atoms with Gasteiger partial charge >= 0.3 is 0 Å².